The summed E-state index contributed by atoms with van der Waals surface area (Å²) in [5, 5.41) is 17.8. The maximum absolute atomic E-state index is 9.38. The summed E-state index contributed by atoms with van der Waals surface area (Å²) in [6.45, 7) is 4.10. The number of nitrogens with one attached hydrogen (secondary N) is 1. The van der Waals surface area contributed by atoms with Gasteiger partial charge in [-0.25, -0.2) is 0 Å². The van der Waals surface area contributed by atoms with Crippen LogP contribution in [0.5, 0.6) is 5.75 Å². The maximum Gasteiger partial charge on any atom is 0.148 e. The highest BCUT2D eigenvalue weighted by molar-refractivity contribution is 5.78. The molecule has 1 aromatic rings. The van der Waals surface area contributed by atoms with Crippen molar-refractivity contribution in [3.05, 3.63) is 41.7 Å². The van der Waals surface area contributed by atoms with Crippen LogP contribution in [-0.2, 0) is 6.42 Å². The zero-order chi connectivity index (χ0) is 16.1. The van der Waals surface area contributed by atoms with Crippen molar-refractivity contribution in [1.29, 1.82) is 0 Å². The normalized spacial score (nSPS) is 24.7. The van der Waals surface area contributed by atoms with Gasteiger partial charge in [-0.2, -0.15) is 4.59 Å². The standard InChI is InChI=1S/C19H27N3O/c1-2-22(13-12-16-8-10-19(23)11-9-16)15-18(14-20-22)21-17-6-4-3-5-7-17/h8-11,14-15,17,21H,2-7,12-13H2,1H3/p+1. The minimum Gasteiger partial charge on any atom is -0.508 e. The van der Waals surface area contributed by atoms with Gasteiger partial charge in [0.15, 0.2) is 0 Å². The number of hydrogen-bond donors (Lipinski definition) is 2. The highest BCUT2D eigenvalue weighted by atomic mass is 16.3. The lowest BCUT2D eigenvalue weighted by molar-refractivity contribution is -0.881. The third kappa shape index (κ3) is 4.14. The zero-order valence-electron chi connectivity index (χ0n) is 14.0. The van der Waals surface area contributed by atoms with Gasteiger partial charge in [0.25, 0.3) is 0 Å². The van der Waals surface area contributed by atoms with Crippen molar-refractivity contribution in [3.63, 3.8) is 0 Å². The van der Waals surface area contributed by atoms with Crippen LogP contribution in [0.15, 0.2) is 41.3 Å². The molecule has 1 aliphatic carbocycles. The molecule has 1 aromatic carbocycles. The van der Waals surface area contributed by atoms with Gasteiger partial charge >= 0.3 is 0 Å². The Balaban J connectivity index is 1.59. The molecule has 1 atom stereocenters. The fourth-order valence-corrected chi connectivity index (χ4v) is 3.50. The van der Waals surface area contributed by atoms with Gasteiger partial charge in [0.1, 0.15) is 37.0 Å². The van der Waals surface area contributed by atoms with E-state index in [0.29, 0.717) is 16.4 Å². The third-order valence-corrected chi connectivity index (χ3v) is 5.05. The number of aromatic hydroxyl groups is 1. The van der Waals surface area contributed by atoms with E-state index in [-0.39, 0.29) is 0 Å². The molecule has 0 bridgehead atoms. The molecule has 0 aromatic heterocycles. The van der Waals surface area contributed by atoms with Crippen LogP contribution in [0.1, 0.15) is 44.6 Å². The number of quaternary nitrogens is 1. The van der Waals surface area contributed by atoms with E-state index in [0.717, 1.165) is 19.5 Å². The smallest absolute Gasteiger partial charge is 0.148 e. The summed E-state index contributed by atoms with van der Waals surface area (Å²) < 4.78 is 0.663. The fourth-order valence-electron chi connectivity index (χ4n) is 3.50. The first-order chi connectivity index (χ1) is 11.2. The first-order valence-corrected chi connectivity index (χ1v) is 8.89. The summed E-state index contributed by atoms with van der Waals surface area (Å²) >= 11 is 0. The summed E-state index contributed by atoms with van der Waals surface area (Å²) in [5.74, 6) is 0.325. The lowest BCUT2D eigenvalue weighted by Crippen LogP contribution is -2.38. The summed E-state index contributed by atoms with van der Waals surface area (Å²) in [5.41, 5.74) is 2.43. The molecule has 4 heteroatoms. The second-order valence-electron chi connectivity index (χ2n) is 6.75. The predicted octanol–water partition coefficient (Wildman–Crippen LogP) is 3.53. The van der Waals surface area contributed by atoms with Crippen molar-refractivity contribution in [2.75, 3.05) is 13.1 Å². The van der Waals surface area contributed by atoms with E-state index in [1.54, 1.807) is 12.1 Å². The minimum atomic E-state index is 0.325. The summed E-state index contributed by atoms with van der Waals surface area (Å²) in [4.78, 5) is 0. The summed E-state index contributed by atoms with van der Waals surface area (Å²) in [6, 6.07) is 8.11. The van der Waals surface area contributed by atoms with E-state index in [1.165, 1.54) is 43.4 Å². The van der Waals surface area contributed by atoms with Gasteiger partial charge in [-0.1, -0.05) is 36.5 Å². The largest absolute Gasteiger partial charge is 0.508 e. The van der Waals surface area contributed by atoms with Crippen molar-refractivity contribution in [2.45, 2.75) is 51.5 Å². The number of phenols is 1. The Morgan fingerprint density at radius 3 is 2.61 bits per heavy atom. The molecule has 1 aliphatic heterocycles. The van der Waals surface area contributed by atoms with Crippen LogP contribution in [0.3, 0.4) is 0 Å². The van der Waals surface area contributed by atoms with Gasteiger partial charge in [0, 0.05) is 12.5 Å². The Labute approximate surface area is 139 Å². The summed E-state index contributed by atoms with van der Waals surface area (Å²) in [7, 11) is 0. The molecule has 124 valence electrons. The van der Waals surface area contributed by atoms with Crippen molar-refractivity contribution in [1.82, 2.24) is 5.32 Å². The van der Waals surface area contributed by atoms with Gasteiger partial charge in [-0.3, -0.25) is 0 Å². The van der Waals surface area contributed by atoms with Gasteiger partial charge in [0.2, 0.25) is 0 Å². The Morgan fingerprint density at radius 2 is 1.91 bits per heavy atom. The zero-order valence-corrected chi connectivity index (χ0v) is 14.0. The van der Waals surface area contributed by atoms with Gasteiger partial charge < -0.3 is 10.4 Å². The molecule has 2 N–H and O–H groups in total. The average molecular weight is 314 g/mol. The molecule has 1 saturated carbocycles. The number of benzene rings is 1. The van der Waals surface area contributed by atoms with E-state index < -0.39 is 0 Å². The van der Waals surface area contributed by atoms with Crippen LogP contribution < -0.4 is 5.32 Å². The Hall–Kier alpha value is -1.81. The average Bonchev–Trinajstić information content (AvgIpc) is 2.99. The van der Waals surface area contributed by atoms with E-state index >= 15 is 0 Å². The Bertz CT molecular complexity index is 573. The lowest BCUT2D eigenvalue weighted by atomic mass is 9.95. The molecule has 0 radical (unpaired) electrons. The van der Waals surface area contributed by atoms with Crippen molar-refractivity contribution in [2.24, 2.45) is 5.10 Å². The monoisotopic (exact) mass is 314 g/mol. The van der Waals surface area contributed by atoms with Gasteiger partial charge in [0.05, 0.1) is 0 Å². The maximum atomic E-state index is 9.38. The molecule has 0 amide bonds. The van der Waals surface area contributed by atoms with Crippen molar-refractivity contribution < 1.29 is 9.70 Å². The molecule has 2 aliphatic rings. The molecular formula is C19H28N3O+. The van der Waals surface area contributed by atoms with Crippen LogP contribution in [-0.4, -0.2) is 35.0 Å². The third-order valence-electron chi connectivity index (χ3n) is 5.05. The van der Waals surface area contributed by atoms with E-state index in [9.17, 15) is 5.11 Å². The first-order valence-electron chi connectivity index (χ1n) is 8.89. The molecule has 1 heterocycles. The number of hydrogen-bond acceptors (Lipinski definition) is 3. The number of allylic oxidation sites excluding steroid dienone is 1. The molecule has 3 rings (SSSR count). The first kappa shape index (κ1) is 16.1. The van der Waals surface area contributed by atoms with Gasteiger partial charge in [-0.05, 0) is 37.5 Å². The van der Waals surface area contributed by atoms with Crippen molar-refractivity contribution in [3.8, 4) is 5.75 Å². The molecule has 0 saturated heterocycles. The molecular weight excluding hydrogens is 286 g/mol. The predicted molar refractivity (Wildman–Crippen MR) is 94.1 cm³/mol. The Morgan fingerprint density at radius 1 is 1.17 bits per heavy atom. The van der Waals surface area contributed by atoms with E-state index in [2.05, 4.69) is 18.4 Å². The highest BCUT2D eigenvalue weighted by Crippen LogP contribution is 2.22. The van der Waals surface area contributed by atoms with Crippen LogP contribution in [0.4, 0.5) is 0 Å². The number of likely N-dealkylation sites (N-methyl/N-ethyl adjacent to an activating group) is 1. The SMILES string of the molecule is CC[N+]1(CCc2ccc(O)cc2)C=C(NC2CCCCC2)C=N1. The van der Waals surface area contributed by atoms with E-state index in [1.807, 2.05) is 18.3 Å². The summed E-state index contributed by atoms with van der Waals surface area (Å²) in [6.07, 6.45) is 11.9. The molecule has 0 spiro atoms. The number of phenolic OH excluding ortho intramolecular Hbond substituents is 1. The number of rotatable bonds is 6. The van der Waals surface area contributed by atoms with Crippen molar-refractivity contribution >= 4 is 6.21 Å². The van der Waals surface area contributed by atoms with Crippen LogP contribution >= 0.6 is 0 Å². The topological polar surface area (TPSA) is 44.6 Å². The molecule has 1 fully saturated rings. The lowest BCUT2D eigenvalue weighted by Gasteiger charge is -2.25. The second-order valence-corrected chi connectivity index (χ2v) is 6.75. The van der Waals surface area contributed by atoms with Crippen LogP contribution in [0, 0.1) is 0 Å². The van der Waals surface area contributed by atoms with Crippen LogP contribution in [0.2, 0.25) is 0 Å². The number of nitrogens with zero attached hydrogens (tertiary/aromatic N) is 2. The minimum absolute atomic E-state index is 0.325. The van der Waals surface area contributed by atoms with Crippen LogP contribution in [0.25, 0.3) is 0 Å². The fraction of sp³-hybridized carbons (Fsp3) is 0.526. The second kappa shape index (κ2) is 7.18. The molecule has 4 nitrogen and oxygen atoms in total. The quantitative estimate of drug-likeness (QED) is 0.789. The van der Waals surface area contributed by atoms with Gasteiger partial charge in [-0.15, -0.1) is 0 Å². The molecule has 1 unspecified atom stereocenters. The highest BCUT2D eigenvalue weighted by Gasteiger charge is 2.29. The van der Waals surface area contributed by atoms with E-state index in [4.69, 9.17) is 5.10 Å². The Kier molecular flexibility index (Phi) is 5.01. The molecule has 23 heavy (non-hydrogen) atoms.